The van der Waals surface area contributed by atoms with Gasteiger partial charge in [-0.15, -0.1) is 0 Å². The lowest BCUT2D eigenvalue weighted by atomic mass is 9.76. The lowest BCUT2D eigenvalue weighted by Gasteiger charge is -2.37. The van der Waals surface area contributed by atoms with E-state index < -0.39 is 5.54 Å². The Balaban J connectivity index is 1.80. The second-order valence-corrected chi connectivity index (χ2v) is 5.53. The Morgan fingerprint density at radius 1 is 1.00 bits per heavy atom. The van der Waals surface area contributed by atoms with Gasteiger partial charge in [0, 0.05) is 6.04 Å². The lowest BCUT2D eigenvalue weighted by molar-refractivity contribution is -0.130. The Morgan fingerprint density at radius 2 is 1.56 bits per heavy atom. The second kappa shape index (κ2) is 5.17. The monoisotopic (exact) mass is 224 g/mol. The summed E-state index contributed by atoms with van der Waals surface area (Å²) in [5.41, 5.74) is 5.50. The van der Waals surface area contributed by atoms with Gasteiger partial charge < -0.3 is 11.1 Å². The van der Waals surface area contributed by atoms with Gasteiger partial charge in [-0.1, -0.05) is 32.1 Å². The zero-order valence-corrected chi connectivity index (χ0v) is 10.1. The van der Waals surface area contributed by atoms with Crippen LogP contribution >= 0.6 is 0 Å². The van der Waals surface area contributed by atoms with Crippen LogP contribution < -0.4 is 11.1 Å². The van der Waals surface area contributed by atoms with Gasteiger partial charge in [0.1, 0.15) is 0 Å². The van der Waals surface area contributed by atoms with Crippen LogP contribution in [0.4, 0.5) is 0 Å². The molecule has 92 valence electrons. The molecule has 3 N–H and O–H groups in total. The van der Waals surface area contributed by atoms with E-state index in [0.717, 1.165) is 32.1 Å². The molecular weight excluding hydrogens is 200 g/mol. The smallest absolute Gasteiger partial charge is 0.240 e. The summed E-state index contributed by atoms with van der Waals surface area (Å²) in [5, 5.41) is 3.17. The van der Waals surface area contributed by atoms with Gasteiger partial charge in [0.05, 0.1) is 5.54 Å². The molecule has 0 spiro atoms. The average molecular weight is 224 g/mol. The SMILES string of the molecule is NC1(C(=O)NC2CCCCCCC2)CCC1. The minimum Gasteiger partial charge on any atom is -0.352 e. The highest BCUT2D eigenvalue weighted by Gasteiger charge is 2.40. The minimum atomic E-state index is -0.525. The van der Waals surface area contributed by atoms with Gasteiger partial charge in [-0.2, -0.15) is 0 Å². The molecule has 0 saturated heterocycles. The Hall–Kier alpha value is -0.570. The van der Waals surface area contributed by atoms with Crippen molar-refractivity contribution in [3.8, 4) is 0 Å². The predicted octanol–water partition coefficient (Wildman–Crippen LogP) is 2.10. The molecule has 2 aliphatic carbocycles. The maximum Gasteiger partial charge on any atom is 0.240 e. The number of hydrogen-bond acceptors (Lipinski definition) is 2. The van der Waals surface area contributed by atoms with Gasteiger partial charge >= 0.3 is 0 Å². The Kier molecular flexibility index (Phi) is 3.85. The molecule has 2 rings (SSSR count). The lowest BCUT2D eigenvalue weighted by Crippen LogP contribution is -2.60. The van der Waals surface area contributed by atoms with Crippen molar-refractivity contribution in [2.75, 3.05) is 0 Å². The molecule has 0 radical (unpaired) electrons. The summed E-state index contributed by atoms with van der Waals surface area (Å²) >= 11 is 0. The first-order valence-electron chi connectivity index (χ1n) is 6.81. The van der Waals surface area contributed by atoms with Crippen molar-refractivity contribution in [1.82, 2.24) is 5.32 Å². The van der Waals surface area contributed by atoms with Gasteiger partial charge in [0.15, 0.2) is 0 Å². The van der Waals surface area contributed by atoms with E-state index in [1.54, 1.807) is 0 Å². The van der Waals surface area contributed by atoms with E-state index >= 15 is 0 Å². The number of hydrogen-bond donors (Lipinski definition) is 2. The van der Waals surface area contributed by atoms with Crippen LogP contribution in [0, 0.1) is 0 Å². The van der Waals surface area contributed by atoms with Crippen LogP contribution in [0.25, 0.3) is 0 Å². The van der Waals surface area contributed by atoms with Crippen molar-refractivity contribution >= 4 is 5.91 Å². The van der Waals surface area contributed by atoms with Crippen LogP contribution in [0.15, 0.2) is 0 Å². The van der Waals surface area contributed by atoms with Crippen LogP contribution in [0.5, 0.6) is 0 Å². The fourth-order valence-corrected chi connectivity index (χ4v) is 2.71. The predicted molar refractivity (Wildman–Crippen MR) is 65.0 cm³/mol. The third kappa shape index (κ3) is 2.76. The fraction of sp³-hybridized carbons (Fsp3) is 0.923. The third-order valence-corrected chi connectivity index (χ3v) is 4.14. The molecule has 0 aromatic rings. The first-order valence-corrected chi connectivity index (χ1v) is 6.81. The van der Waals surface area contributed by atoms with E-state index in [0.29, 0.717) is 6.04 Å². The van der Waals surface area contributed by atoms with Crippen LogP contribution in [0.2, 0.25) is 0 Å². The van der Waals surface area contributed by atoms with Crippen LogP contribution in [-0.2, 0) is 4.79 Å². The quantitative estimate of drug-likeness (QED) is 0.754. The van der Waals surface area contributed by atoms with Crippen molar-refractivity contribution in [1.29, 1.82) is 0 Å². The fourth-order valence-electron chi connectivity index (χ4n) is 2.71. The largest absolute Gasteiger partial charge is 0.352 e. The number of rotatable bonds is 2. The molecule has 0 aliphatic heterocycles. The molecule has 0 aromatic carbocycles. The van der Waals surface area contributed by atoms with Gasteiger partial charge in [-0.05, 0) is 32.1 Å². The molecule has 3 heteroatoms. The molecule has 2 fully saturated rings. The molecule has 1 amide bonds. The standard InChI is InChI=1S/C13H24N2O/c14-13(9-6-10-13)12(16)15-11-7-4-2-1-3-5-8-11/h11H,1-10,14H2,(H,15,16). The normalized spacial score (nSPS) is 26.3. The first-order chi connectivity index (χ1) is 7.71. The summed E-state index contributed by atoms with van der Waals surface area (Å²) in [4.78, 5) is 12.0. The summed E-state index contributed by atoms with van der Waals surface area (Å²) in [5.74, 6) is 0.101. The summed E-state index contributed by atoms with van der Waals surface area (Å²) < 4.78 is 0. The summed E-state index contributed by atoms with van der Waals surface area (Å²) in [6.45, 7) is 0. The Bertz CT molecular complexity index is 240. The highest BCUT2D eigenvalue weighted by Crippen LogP contribution is 2.29. The number of nitrogens with one attached hydrogen (secondary N) is 1. The molecule has 0 aromatic heterocycles. The summed E-state index contributed by atoms with van der Waals surface area (Å²) in [6.07, 6.45) is 11.6. The van der Waals surface area contributed by atoms with E-state index in [1.165, 1.54) is 32.1 Å². The topological polar surface area (TPSA) is 55.1 Å². The molecule has 0 atom stereocenters. The highest BCUT2D eigenvalue weighted by molar-refractivity contribution is 5.87. The number of carbonyl (C=O) groups excluding carboxylic acids is 1. The molecule has 0 heterocycles. The second-order valence-electron chi connectivity index (χ2n) is 5.53. The molecule has 0 bridgehead atoms. The zero-order valence-electron chi connectivity index (χ0n) is 10.1. The number of carbonyl (C=O) groups is 1. The van der Waals surface area contributed by atoms with Gasteiger partial charge in [0.25, 0.3) is 0 Å². The van der Waals surface area contributed by atoms with E-state index in [4.69, 9.17) is 5.73 Å². The zero-order chi connectivity index (χ0) is 11.4. The molecule has 2 aliphatic rings. The third-order valence-electron chi connectivity index (χ3n) is 4.14. The average Bonchev–Trinajstić information content (AvgIpc) is 2.18. The Labute approximate surface area is 98.2 Å². The Morgan fingerprint density at radius 3 is 2.06 bits per heavy atom. The molecular formula is C13H24N2O. The maximum atomic E-state index is 12.0. The van der Waals surface area contributed by atoms with Crippen molar-refractivity contribution < 1.29 is 4.79 Å². The van der Waals surface area contributed by atoms with E-state index in [1.807, 2.05) is 0 Å². The van der Waals surface area contributed by atoms with Gasteiger partial charge in [-0.3, -0.25) is 4.79 Å². The van der Waals surface area contributed by atoms with Gasteiger partial charge in [0.2, 0.25) is 5.91 Å². The molecule has 3 nitrogen and oxygen atoms in total. The van der Waals surface area contributed by atoms with Crippen LogP contribution in [0.1, 0.15) is 64.2 Å². The minimum absolute atomic E-state index is 0.101. The molecule has 16 heavy (non-hydrogen) atoms. The van der Waals surface area contributed by atoms with E-state index in [9.17, 15) is 4.79 Å². The summed E-state index contributed by atoms with van der Waals surface area (Å²) in [7, 11) is 0. The summed E-state index contributed by atoms with van der Waals surface area (Å²) in [6, 6.07) is 0.383. The highest BCUT2D eigenvalue weighted by atomic mass is 16.2. The molecule has 2 saturated carbocycles. The maximum absolute atomic E-state index is 12.0. The van der Waals surface area contributed by atoms with E-state index in [-0.39, 0.29) is 5.91 Å². The van der Waals surface area contributed by atoms with Crippen molar-refractivity contribution in [3.05, 3.63) is 0 Å². The molecule has 0 unspecified atom stereocenters. The van der Waals surface area contributed by atoms with Crippen LogP contribution in [-0.4, -0.2) is 17.5 Å². The van der Waals surface area contributed by atoms with Crippen LogP contribution in [0.3, 0.4) is 0 Å². The van der Waals surface area contributed by atoms with E-state index in [2.05, 4.69) is 5.32 Å². The first kappa shape index (κ1) is 11.9. The van der Waals surface area contributed by atoms with Crippen molar-refractivity contribution in [2.24, 2.45) is 5.73 Å². The number of nitrogens with two attached hydrogens (primary N) is 1. The van der Waals surface area contributed by atoms with Gasteiger partial charge in [-0.25, -0.2) is 0 Å². The van der Waals surface area contributed by atoms with Crippen molar-refractivity contribution in [2.45, 2.75) is 75.8 Å². The van der Waals surface area contributed by atoms with Crippen molar-refractivity contribution in [3.63, 3.8) is 0 Å². The number of amides is 1.